The lowest BCUT2D eigenvalue weighted by Crippen LogP contribution is -2.12. The van der Waals surface area contributed by atoms with Crippen molar-refractivity contribution in [3.05, 3.63) is 61.6 Å². The van der Waals surface area contributed by atoms with Crippen LogP contribution < -0.4 is 5.32 Å². The number of carbonyl (C=O) groups is 1. The maximum atomic E-state index is 12.2. The molecule has 2 aromatic rings. The van der Waals surface area contributed by atoms with Crippen molar-refractivity contribution in [3.63, 3.8) is 0 Å². The molecule has 5 nitrogen and oxygen atoms in total. The minimum Gasteiger partial charge on any atom is -0.321 e. The molecule has 0 atom stereocenters. The fourth-order valence-corrected chi connectivity index (χ4v) is 3.03. The van der Waals surface area contributed by atoms with Crippen LogP contribution in [0.4, 0.5) is 11.4 Å². The molecule has 0 aliphatic rings. The molecule has 0 aromatic heterocycles. The topological polar surface area (TPSA) is 72.2 Å². The summed E-state index contributed by atoms with van der Waals surface area (Å²) < 4.78 is 0.787. The molecule has 0 radical (unpaired) electrons. The highest BCUT2D eigenvalue weighted by molar-refractivity contribution is 9.10. The van der Waals surface area contributed by atoms with E-state index in [-0.39, 0.29) is 11.3 Å². The zero-order valence-electron chi connectivity index (χ0n) is 11.3. The van der Waals surface area contributed by atoms with Crippen molar-refractivity contribution < 1.29 is 9.72 Å². The number of rotatable bonds is 4. The molecule has 0 fully saturated rings. The molecule has 1 N–H and O–H groups in total. The first kappa shape index (κ1) is 16.8. The molecular weight excluding hydrogens is 392 g/mol. The number of anilines is 1. The van der Waals surface area contributed by atoms with Gasteiger partial charge >= 0.3 is 0 Å². The first-order valence-electron chi connectivity index (χ1n) is 6.01. The Labute approximate surface area is 144 Å². The maximum absolute atomic E-state index is 12.2. The monoisotopic (exact) mass is 400 g/mol. The van der Waals surface area contributed by atoms with Crippen LogP contribution in [0.2, 0.25) is 5.02 Å². The second-order valence-electron chi connectivity index (χ2n) is 4.22. The summed E-state index contributed by atoms with van der Waals surface area (Å²) in [5, 5.41) is 14.0. The van der Waals surface area contributed by atoms with Gasteiger partial charge in [0.2, 0.25) is 0 Å². The van der Waals surface area contributed by atoms with E-state index in [4.69, 9.17) is 11.6 Å². The molecule has 0 aliphatic heterocycles. The number of nitrogens with zero attached hydrogens (tertiary/aromatic N) is 1. The number of nitrogens with one attached hydrogen (secondary N) is 1. The van der Waals surface area contributed by atoms with Crippen LogP contribution in [0, 0.1) is 10.1 Å². The summed E-state index contributed by atoms with van der Waals surface area (Å²) in [5.41, 5.74) is 0.539. The van der Waals surface area contributed by atoms with Gasteiger partial charge in [-0.3, -0.25) is 14.9 Å². The third kappa shape index (κ3) is 3.79. The number of nitro benzene ring substituents is 1. The standard InChI is InChI=1S/C14H10BrClN2O3S/c1-22-13-5-2-8(6-12(13)18(20)21)14(19)17-11-4-3-9(15)7-10(11)16/h2-7H,1H3,(H,17,19). The lowest BCUT2D eigenvalue weighted by Gasteiger charge is -2.08. The van der Waals surface area contributed by atoms with Crippen LogP contribution in [0.5, 0.6) is 0 Å². The number of benzene rings is 2. The van der Waals surface area contributed by atoms with Gasteiger partial charge in [0.05, 0.1) is 20.5 Å². The van der Waals surface area contributed by atoms with Crippen molar-refractivity contribution in [1.29, 1.82) is 0 Å². The quantitative estimate of drug-likeness (QED) is 0.445. The number of hydrogen-bond donors (Lipinski definition) is 1. The second-order valence-corrected chi connectivity index (χ2v) is 6.39. The maximum Gasteiger partial charge on any atom is 0.283 e. The Bertz CT molecular complexity index is 755. The molecule has 0 aliphatic carbocycles. The van der Waals surface area contributed by atoms with E-state index in [0.717, 1.165) is 4.47 Å². The van der Waals surface area contributed by atoms with Crippen molar-refractivity contribution >= 4 is 56.6 Å². The van der Waals surface area contributed by atoms with Crippen LogP contribution in [-0.2, 0) is 0 Å². The molecule has 8 heteroatoms. The van der Waals surface area contributed by atoms with Crippen molar-refractivity contribution in [2.75, 3.05) is 11.6 Å². The summed E-state index contributed by atoms with van der Waals surface area (Å²) in [6, 6.07) is 9.39. The van der Waals surface area contributed by atoms with Gasteiger partial charge in [-0.2, -0.15) is 0 Å². The van der Waals surface area contributed by atoms with Crippen LogP contribution in [0.1, 0.15) is 10.4 Å². The van der Waals surface area contributed by atoms with Gasteiger partial charge in [0, 0.05) is 16.1 Å². The average molecular weight is 402 g/mol. The zero-order valence-corrected chi connectivity index (χ0v) is 14.5. The predicted molar refractivity (Wildman–Crippen MR) is 92.0 cm³/mol. The smallest absolute Gasteiger partial charge is 0.283 e. The molecule has 2 rings (SSSR count). The second kappa shape index (κ2) is 7.13. The normalized spacial score (nSPS) is 10.3. The third-order valence-electron chi connectivity index (χ3n) is 2.82. The first-order chi connectivity index (χ1) is 10.4. The van der Waals surface area contributed by atoms with Crippen molar-refractivity contribution in [2.45, 2.75) is 4.90 Å². The zero-order chi connectivity index (χ0) is 16.3. The molecule has 0 heterocycles. The summed E-state index contributed by atoms with van der Waals surface area (Å²) >= 11 is 10.6. The SMILES string of the molecule is CSc1ccc(C(=O)Nc2ccc(Br)cc2Cl)cc1[N+](=O)[O-]. The van der Waals surface area contributed by atoms with Crippen LogP contribution in [0.15, 0.2) is 45.8 Å². The van der Waals surface area contributed by atoms with E-state index >= 15 is 0 Å². The van der Waals surface area contributed by atoms with Crippen molar-refractivity contribution in [1.82, 2.24) is 0 Å². The van der Waals surface area contributed by atoms with Crippen LogP contribution in [0.25, 0.3) is 0 Å². The van der Waals surface area contributed by atoms with E-state index in [1.165, 1.54) is 17.8 Å². The molecular formula is C14H10BrClN2O3S. The molecule has 0 spiro atoms. The van der Waals surface area contributed by atoms with Gasteiger partial charge in [-0.05, 0) is 36.6 Å². The predicted octanol–water partition coefficient (Wildman–Crippen LogP) is 4.98. The Morgan fingerprint density at radius 3 is 2.64 bits per heavy atom. The molecule has 1 amide bonds. The Kier molecular flexibility index (Phi) is 5.44. The highest BCUT2D eigenvalue weighted by atomic mass is 79.9. The van der Waals surface area contributed by atoms with E-state index in [2.05, 4.69) is 21.2 Å². The highest BCUT2D eigenvalue weighted by Gasteiger charge is 2.17. The third-order valence-corrected chi connectivity index (χ3v) is 4.41. The molecule has 0 saturated carbocycles. The Morgan fingerprint density at radius 1 is 1.32 bits per heavy atom. The van der Waals surface area contributed by atoms with Gasteiger partial charge in [0.15, 0.2) is 0 Å². The lowest BCUT2D eigenvalue weighted by molar-refractivity contribution is -0.387. The Morgan fingerprint density at radius 2 is 2.05 bits per heavy atom. The fourth-order valence-electron chi connectivity index (χ4n) is 1.76. The first-order valence-corrected chi connectivity index (χ1v) is 8.40. The minimum absolute atomic E-state index is 0.0953. The molecule has 2 aromatic carbocycles. The molecule has 114 valence electrons. The summed E-state index contributed by atoms with van der Waals surface area (Å²) in [6.45, 7) is 0. The van der Waals surface area contributed by atoms with Gasteiger partial charge in [0.25, 0.3) is 11.6 Å². The van der Waals surface area contributed by atoms with Gasteiger partial charge in [-0.25, -0.2) is 0 Å². The lowest BCUT2D eigenvalue weighted by atomic mass is 10.2. The van der Waals surface area contributed by atoms with Gasteiger partial charge in [-0.1, -0.05) is 27.5 Å². The van der Waals surface area contributed by atoms with Gasteiger partial charge in [-0.15, -0.1) is 11.8 Å². The number of nitro groups is 1. The average Bonchev–Trinajstić information content (AvgIpc) is 2.49. The summed E-state index contributed by atoms with van der Waals surface area (Å²) in [6.07, 6.45) is 1.74. The van der Waals surface area contributed by atoms with Crippen LogP contribution in [-0.4, -0.2) is 17.1 Å². The molecule has 0 unspecified atom stereocenters. The summed E-state index contributed by atoms with van der Waals surface area (Å²) in [7, 11) is 0. The number of halogens is 2. The van der Waals surface area contributed by atoms with E-state index in [9.17, 15) is 14.9 Å². The van der Waals surface area contributed by atoms with Gasteiger partial charge < -0.3 is 5.32 Å². The summed E-state index contributed by atoms with van der Waals surface area (Å²) in [4.78, 5) is 23.3. The van der Waals surface area contributed by atoms with Crippen LogP contribution >= 0.6 is 39.3 Å². The number of carbonyl (C=O) groups excluding carboxylic acids is 1. The van der Waals surface area contributed by atoms with Crippen LogP contribution in [0.3, 0.4) is 0 Å². The summed E-state index contributed by atoms with van der Waals surface area (Å²) in [5.74, 6) is -0.458. The largest absolute Gasteiger partial charge is 0.321 e. The minimum atomic E-state index is -0.505. The van der Waals surface area contributed by atoms with E-state index in [1.807, 2.05) is 0 Å². The highest BCUT2D eigenvalue weighted by Crippen LogP contribution is 2.29. The molecule has 0 saturated heterocycles. The Balaban J connectivity index is 2.30. The fraction of sp³-hybridized carbons (Fsp3) is 0.0714. The molecule has 22 heavy (non-hydrogen) atoms. The van der Waals surface area contributed by atoms with E-state index in [1.54, 1.807) is 36.6 Å². The number of hydrogen-bond acceptors (Lipinski definition) is 4. The van der Waals surface area contributed by atoms with E-state index in [0.29, 0.717) is 15.6 Å². The van der Waals surface area contributed by atoms with Crippen molar-refractivity contribution in [2.24, 2.45) is 0 Å². The Hall–Kier alpha value is -1.57. The van der Waals surface area contributed by atoms with E-state index < -0.39 is 10.8 Å². The van der Waals surface area contributed by atoms with Crippen molar-refractivity contribution in [3.8, 4) is 0 Å². The number of thioether (sulfide) groups is 1. The molecule has 0 bridgehead atoms. The van der Waals surface area contributed by atoms with Gasteiger partial charge in [0.1, 0.15) is 0 Å². The number of amides is 1.